The van der Waals surface area contributed by atoms with Gasteiger partial charge in [-0.1, -0.05) is 12.1 Å². The number of amides is 1. The van der Waals surface area contributed by atoms with Crippen molar-refractivity contribution in [1.82, 2.24) is 10.3 Å². The molecule has 0 spiro atoms. The van der Waals surface area contributed by atoms with Crippen LogP contribution in [0.25, 0.3) is 10.9 Å². The largest absolute Gasteiger partial charge is 0.497 e. The zero-order valence-electron chi connectivity index (χ0n) is 14.9. The molecule has 0 bridgehead atoms. The molecule has 1 aromatic heterocycles. The van der Waals surface area contributed by atoms with E-state index in [1.807, 2.05) is 48.5 Å². The highest BCUT2D eigenvalue weighted by Crippen LogP contribution is 2.41. The predicted octanol–water partition coefficient (Wildman–Crippen LogP) is 4.07. The Morgan fingerprint density at radius 2 is 1.73 bits per heavy atom. The molecule has 5 nitrogen and oxygen atoms in total. The smallest absolute Gasteiger partial charge is 0.268 e. The number of carbonyl (C=O) groups excluding carboxylic acids is 1. The Morgan fingerprint density at radius 1 is 1.04 bits per heavy atom. The molecule has 0 radical (unpaired) electrons. The maximum atomic E-state index is 12.8. The van der Waals surface area contributed by atoms with E-state index in [0.29, 0.717) is 11.6 Å². The molecule has 1 amide bonds. The van der Waals surface area contributed by atoms with Crippen molar-refractivity contribution in [3.05, 3.63) is 59.8 Å². The van der Waals surface area contributed by atoms with Crippen LogP contribution in [0, 0.1) is 5.92 Å². The van der Waals surface area contributed by atoms with E-state index in [9.17, 15) is 4.79 Å². The van der Waals surface area contributed by atoms with Crippen molar-refractivity contribution in [2.75, 3.05) is 14.2 Å². The fraction of sp³-hybridized carbons (Fsp3) is 0.286. The van der Waals surface area contributed by atoms with Crippen molar-refractivity contribution in [3.8, 4) is 11.5 Å². The number of nitrogens with one attached hydrogen (secondary N) is 2. The van der Waals surface area contributed by atoms with Crippen LogP contribution in [0.3, 0.4) is 0 Å². The normalized spacial score (nSPS) is 14.8. The summed E-state index contributed by atoms with van der Waals surface area (Å²) in [6.07, 6.45) is 2.28. The molecule has 1 aliphatic rings. The molecule has 4 rings (SSSR count). The van der Waals surface area contributed by atoms with Crippen molar-refractivity contribution in [2.24, 2.45) is 5.92 Å². The van der Waals surface area contributed by atoms with Crippen molar-refractivity contribution >= 4 is 16.8 Å². The van der Waals surface area contributed by atoms with E-state index >= 15 is 0 Å². The molecule has 26 heavy (non-hydrogen) atoms. The van der Waals surface area contributed by atoms with Crippen LogP contribution in [-0.2, 0) is 0 Å². The summed E-state index contributed by atoms with van der Waals surface area (Å²) in [5.74, 6) is 1.99. The molecule has 1 heterocycles. The monoisotopic (exact) mass is 350 g/mol. The molecule has 3 aromatic rings. The summed E-state index contributed by atoms with van der Waals surface area (Å²) in [6.45, 7) is 0. The van der Waals surface area contributed by atoms with Gasteiger partial charge < -0.3 is 19.8 Å². The van der Waals surface area contributed by atoms with Gasteiger partial charge in [0.1, 0.15) is 17.2 Å². The van der Waals surface area contributed by atoms with Crippen molar-refractivity contribution in [2.45, 2.75) is 18.9 Å². The number of aromatic nitrogens is 1. The summed E-state index contributed by atoms with van der Waals surface area (Å²) in [4.78, 5) is 16.0. The Kier molecular flexibility index (Phi) is 4.29. The fourth-order valence-electron chi connectivity index (χ4n) is 3.29. The standard InChI is InChI=1S/C21H22N2O3/c1-25-16-8-5-14(6-9-16)20(13-3-4-13)23-21(24)19-11-15-7-10-17(26-2)12-18(15)22-19/h5-13,20,22H,3-4H2,1-2H3,(H,23,24)/t20-/m0/s1. The van der Waals surface area contributed by atoms with Crippen LogP contribution in [-0.4, -0.2) is 25.1 Å². The van der Waals surface area contributed by atoms with E-state index < -0.39 is 0 Å². The number of methoxy groups -OCH3 is 2. The lowest BCUT2D eigenvalue weighted by Crippen LogP contribution is -2.30. The van der Waals surface area contributed by atoms with Gasteiger partial charge in [0.2, 0.25) is 0 Å². The van der Waals surface area contributed by atoms with E-state index in [1.54, 1.807) is 14.2 Å². The zero-order chi connectivity index (χ0) is 18.1. The van der Waals surface area contributed by atoms with E-state index in [1.165, 1.54) is 0 Å². The van der Waals surface area contributed by atoms with Gasteiger partial charge in [-0.25, -0.2) is 0 Å². The minimum atomic E-state index is -0.0899. The summed E-state index contributed by atoms with van der Waals surface area (Å²) in [7, 11) is 3.28. The molecule has 5 heteroatoms. The van der Waals surface area contributed by atoms with Gasteiger partial charge in [-0.2, -0.15) is 0 Å². The Labute approximate surface area is 152 Å². The minimum absolute atomic E-state index is 0.0226. The van der Waals surface area contributed by atoms with Crippen LogP contribution < -0.4 is 14.8 Å². The first-order valence-electron chi connectivity index (χ1n) is 8.79. The van der Waals surface area contributed by atoms with Gasteiger partial charge in [0, 0.05) is 17.0 Å². The Morgan fingerprint density at radius 3 is 2.38 bits per heavy atom. The van der Waals surface area contributed by atoms with E-state index in [0.717, 1.165) is 40.8 Å². The Bertz CT molecular complexity index is 926. The number of benzene rings is 2. The van der Waals surface area contributed by atoms with Gasteiger partial charge in [0.25, 0.3) is 5.91 Å². The molecule has 0 aliphatic heterocycles. The third-order valence-electron chi connectivity index (χ3n) is 4.93. The summed E-state index contributed by atoms with van der Waals surface area (Å²) in [5, 5.41) is 4.19. The van der Waals surface area contributed by atoms with Gasteiger partial charge in [0.05, 0.1) is 20.3 Å². The first kappa shape index (κ1) is 16.5. The number of hydrogen-bond acceptors (Lipinski definition) is 3. The fourth-order valence-corrected chi connectivity index (χ4v) is 3.29. The predicted molar refractivity (Wildman–Crippen MR) is 101 cm³/mol. The second-order valence-corrected chi connectivity index (χ2v) is 6.70. The lowest BCUT2D eigenvalue weighted by Gasteiger charge is -2.18. The molecular weight excluding hydrogens is 328 g/mol. The first-order chi connectivity index (χ1) is 12.7. The first-order valence-corrected chi connectivity index (χ1v) is 8.79. The number of rotatable bonds is 6. The van der Waals surface area contributed by atoms with Crippen LogP contribution in [0.2, 0.25) is 0 Å². The Balaban J connectivity index is 1.56. The summed E-state index contributed by atoms with van der Waals surface area (Å²) >= 11 is 0. The van der Waals surface area contributed by atoms with E-state index in [2.05, 4.69) is 10.3 Å². The number of carbonyl (C=O) groups is 1. The molecule has 2 N–H and O–H groups in total. The number of ether oxygens (including phenoxy) is 2. The minimum Gasteiger partial charge on any atom is -0.497 e. The van der Waals surface area contributed by atoms with Gasteiger partial charge in [-0.15, -0.1) is 0 Å². The molecule has 0 saturated heterocycles. The SMILES string of the molecule is COc1ccc([C@@H](NC(=O)c2cc3ccc(OC)cc3[nH]2)C2CC2)cc1. The molecule has 134 valence electrons. The maximum Gasteiger partial charge on any atom is 0.268 e. The number of hydrogen-bond donors (Lipinski definition) is 2. The summed E-state index contributed by atoms with van der Waals surface area (Å²) in [5.41, 5.74) is 2.56. The topological polar surface area (TPSA) is 63.4 Å². The van der Waals surface area contributed by atoms with Crippen molar-refractivity contribution in [1.29, 1.82) is 0 Å². The molecule has 2 aromatic carbocycles. The number of aromatic amines is 1. The summed E-state index contributed by atoms with van der Waals surface area (Å²) < 4.78 is 10.5. The van der Waals surface area contributed by atoms with Gasteiger partial charge in [-0.3, -0.25) is 4.79 Å². The second kappa shape index (κ2) is 6.75. The molecule has 1 fully saturated rings. The molecule has 1 saturated carbocycles. The molecular formula is C21H22N2O3. The van der Waals surface area contributed by atoms with Crippen LogP contribution in [0.4, 0.5) is 0 Å². The average molecular weight is 350 g/mol. The third kappa shape index (κ3) is 3.25. The highest BCUT2D eigenvalue weighted by molar-refractivity contribution is 5.98. The highest BCUT2D eigenvalue weighted by atomic mass is 16.5. The van der Waals surface area contributed by atoms with Crippen molar-refractivity contribution < 1.29 is 14.3 Å². The van der Waals surface area contributed by atoms with E-state index in [4.69, 9.17) is 9.47 Å². The van der Waals surface area contributed by atoms with Crippen molar-refractivity contribution in [3.63, 3.8) is 0 Å². The Hall–Kier alpha value is -2.95. The molecule has 1 atom stereocenters. The number of H-pyrrole nitrogens is 1. The second-order valence-electron chi connectivity index (χ2n) is 6.70. The van der Waals surface area contributed by atoms with Gasteiger partial charge >= 0.3 is 0 Å². The number of fused-ring (bicyclic) bond motifs is 1. The zero-order valence-corrected chi connectivity index (χ0v) is 14.9. The van der Waals surface area contributed by atoms with Crippen LogP contribution >= 0.6 is 0 Å². The molecule has 1 aliphatic carbocycles. The van der Waals surface area contributed by atoms with Gasteiger partial charge in [0.15, 0.2) is 0 Å². The van der Waals surface area contributed by atoms with Gasteiger partial charge in [-0.05, 0) is 54.7 Å². The van der Waals surface area contributed by atoms with Crippen LogP contribution in [0.5, 0.6) is 11.5 Å². The molecule has 0 unspecified atom stereocenters. The highest BCUT2D eigenvalue weighted by Gasteiger charge is 2.33. The lowest BCUT2D eigenvalue weighted by atomic mass is 10.0. The lowest BCUT2D eigenvalue weighted by molar-refractivity contribution is 0.0927. The van der Waals surface area contributed by atoms with E-state index in [-0.39, 0.29) is 11.9 Å². The van der Waals surface area contributed by atoms with Crippen LogP contribution in [0.15, 0.2) is 48.5 Å². The average Bonchev–Trinajstić information content (AvgIpc) is 3.43. The van der Waals surface area contributed by atoms with Crippen LogP contribution in [0.1, 0.15) is 34.9 Å². The third-order valence-corrected chi connectivity index (χ3v) is 4.93. The quantitative estimate of drug-likeness (QED) is 0.704. The summed E-state index contributed by atoms with van der Waals surface area (Å²) in [6, 6.07) is 15.6. The maximum absolute atomic E-state index is 12.8.